The predicted molar refractivity (Wildman–Crippen MR) is 87.6 cm³/mol. The van der Waals surface area contributed by atoms with Crippen molar-refractivity contribution < 1.29 is 14.3 Å². The number of ether oxygens (including phenoxy) is 2. The molecule has 21 heavy (non-hydrogen) atoms. The van der Waals surface area contributed by atoms with Crippen molar-refractivity contribution in [1.82, 2.24) is 5.32 Å². The Bertz CT molecular complexity index is 424. The zero-order valence-corrected chi connectivity index (χ0v) is 14.3. The van der Waals surface area contributed by atoms with Crippen LogP contribution in [0.1, 0.15) is 33.1 Å². The van der Waals surface area contributed by atoms with E-state index in [1.807, 2.05) is 38.1 Å². The number of hydrogen-bond donors (Lipinski definition) is 1. The van der Waals surface area contributed by atoms with Crippen LogP contribution in [0.25, 0.3) is 0 Å². The molecule has 0 aliphatic heterocycles. The lowest BCUT2D eigenvalue weighted by Crippen LogP contribution is -2.25. The van der Waals surface area contributed by atoms with E-state index in [2.05, 4.69) is 21.2 Å². The third-order valence-corrected chi connectivity index (χ3v) is 3.20. The second kappa shape index (κ2) is 10.6. The molecule has 1 aromatic carbocycles. The van der Waals surface area contributed by atoms with E-state index >= 15 is 0 Å². The van der Waals surface area contributed by atoms with Gasteiger partial charge in [0.15, 0.2) is 0 Å². The van der Waals surface area contributed by atoms with E-state index in [0.717, 1.165) is 16.6 Å². The van der Waals surface area contributed by atoms with E-state index in [1.165, 1.54) is 0 Å². The fraction of sp³-hybridized carbons (Fsp3) is 0.562. The van der Waals surface area contributed by atoms with Gasteiger partial charge in [0.1, 0.15) is 5.75 Å². The third-order valence-electron chi connectivity index (χ3n) is 2.71. The minimum absolute atomic E-state index is 0.0670. The van der Waals surface area contributed by atoms with Gasteiger partial charge in [0.05, 0.1) is 12.7 Å². The van der Waals surface area contributed by atoms with Gasteiger partial charge in [-0.1, -0.05) is 22.0 Å². The van der Waals surface area contributed by atoms with E-state index in [-0.39, 0.29) is 12.0 Å². The van der Waals surface area contributed by atoms with Gasteiger partial charge >= 0.3 is 0 Å². The van der Waals surface area contributed by atoms with E-state index in [1.54, 1.807) is 0 Å². The van der Waals surface area contributed by atoms with Crippen LogP contribution in [0.2, 0.25) is 0 Å². The zero-order chi connectivity index (χ0) is 15.5. The quantitative estimate of drug-likeness (QED) is 0.651. The number of hydrogen-bond acceptors (Lipinski definition) is 3. The topological polar surface area (TPSA) is 47.6 Å². The van der Waals surface area contributed by atoms with E-state index in [0.29, 0.717) is 32.6 Å². The number of nitrogens with one attached hydrogen (secondary N) is 1. The predicted octanol–water partition coefficient (Wildman–Crippen LogP) is 3.54. The van der Waals surface area contributed by atoms with Crippen LogP contribution in [0.15, 0.2) is 28.7 Å². The van der Waals surface area contributed by atoms with Gasteiger partial charge in [-0.25, -0.2) is 0 Å². The third kappa shape index (κ3) is 9.47. The molecule has 0 radical (unpaired) electrons. The Morgan fingerprint density at radius 2 is 2.10 bits per heavy atom. The fourth-order valence-electron chi connectivity index (χ4n) is 1.69. The van der Waals surface area contributed by atoms with Crippen LogP contribution in [-0.4, -0.2) is 31.8 Å². The maximum absolute atomic E-state index is 11.6. The molecule has 1 rings (SSSR count). The number of benzene rings is 1. The summed E-state index contributed by atoms with van der Waals surface area (Å²) in [5.41, 5.74) is 0. The van der Waals surface area contributed by atoms with E-state index < -0.39 is 0 Å². The molecule has 118 valence electrons. The van der Waals surface area contributed by atoms with Crippen molar-refractivity contribution in [3.05, 3.63) is 28.7 Å². The first-order valence-corrected chi connectivity index (χ1v) is 8.14. The highest BCUT2D eigenvalue weighted by Crippen LogP contribution is 2.17. The lowest BCUT2D eigenvalue weighted by molar-refractivity contribution is -0.121. The average Bonchev–Trinajstić information content (AvgIpc) is 2.43. The molecule has 0 saturated heterocycles. The largest absolute Gasteiger partial charge is 0.494 e. The van der Waals surface area contributed by atoms with Crippen LogP contribution in [0, 0.1) is 0 Å². The molecule has 4 nitrogen and oxygen atoms in total. The molecule has 0 heterocycles. The second-order valence-corrected chi connectivity index (χ2v) is 5.95. The number of rotatable bonds is 10. The van der Waals surface area contributed by atoms with Gasteiger partial charge in [-0.2, -0.15) is 0 Å². The van der Waals surface area contributed by atoms with Gasteiger partial charge in [-0.3, -0.25) is 4.79 Å². The van der Waals surface area contributed by atoms with Crippen molar-refractivity contribution in [3.63, 3.8) is 0 Å². The summed E-state index contributed by atoms with van der Waals surface area (Å²) in [7, 11) is 0. The van der Waals surface area contributed by atoms with E-state index in [4.69, 9.17) is 9.47 Å². The zero-order valence-electron chi connectivity index (χ0n) is 12.7. The molecule has 1 amide bonds. The molecule has 1 aromatic rings. The summed E-state index contributed by atoms with van der Waals surface area (Å²) in [5, 5.41) is 2.88. The summed E-state index contributed by atoms with van der Waals surface area (Å²) in [6.45, 7) is 5.90. The highest BCUT2D eigenvalue weighted by Gasteiger charge is 2.01. The molecule has 5 heteroatoms. The summed E-state index contributed by atoms with van der Waals surface area (Å²) < 4.78 is 12.0. The van der Waals surface area contributed by atoms with Crippen LogP contribution < -0.4 is 10.1 Å². The average molecular weight is 358 g/mol. The lowest BCUT2D eigenvalue weighted by Gasteiger charge is -2.09. The Balaban J connectivity index is 2.01. The summed E-state index contributed by atoms with van der Waals surface area (Å²) >= 11 is 3.39. The maximum atomic E-state index is 11.6. The van der Waals surface area contributed by atoms with Crippen molar-refractivity contribution >= 4 is 21.8 Å². The molecule has 0 unspecified atom stereocenters. The van der Waals surface area contributed by atoms with Gasteiger partial charge in [-0.15, -0.1) is 0 Å². The first-order valence-electron chi connectivity index (χ1n) is 7.34. The van der Waals surface area contributed by atoms with Gasteiger partial charge in [-0.05, 0) is 44.9 Å². The number of halogens is 1. The molecule has 0 spiro atoms. The fourth-order valence-corrected chi connectivity index (χ4v) is 2.07. The summed E-state index contributed by atoms with van der Waals surface area (Å²) in [6.07, 6.45) is 2.29. The van der Waals surface area contributed by atoms with Gasteiger partial charge < -0.3 is 14.8 Å². The minimum atomic E-state index is 0.0670. The normalized spacial score (nSPS) is 10.7. The molecule has 0 atom stereocenters. The second-order valence-electron chi connectivity index (χ2n) is 5.03. The van der Waals surface area contributed by atoms with Crippen LogP contribution in [0.5, 0.6) is 5.75 Å². The highest BCUT2D eigenvalue weighted by molar-refractivity contribution is 9.10. The van der Waals surface area contributed by atoms with Gasteiger partial charge in [0.25, 0.3) is 0 Å². The lowest BCUT2D eigenvalue weighted by atomic mass is 10.3. The summed E-state index contributed by atoms with van der Waals surface area (Å²) in [5.74, 6) is 0.882. The van der Waals surface area contributed by atoms with Crippen molar-refractivity contribution in [3.8, 4) is 5.75 Å². The Hall–Kier alpha value is -1.07. The van der Waals surface area contributed by atoms with Crippen LogP contribution in [0.3, 0.4) is 0 Å². The molecule has 0 aromatic heterocycles. The molecule has 1 N–H and O–H groups in total. The van der Waals surface area contributed by atoms with E-state index in [9.17, 15) is 4.79 Å². The van der Waals surface area contributed by atoms with Crippen LogP contribution in [-0.2, 0) is 9.53 Å². The molecule has 0 bridgehead atoms. The minimum Gasteiger partial charge on any atom is -0.494 e. The maximum Gasteiger partial charge on any atom is 0.220 e. The number of amides is 1. The summed E-state index contributed by atoms with van der Waals surface area (Å²) in [6, 6.07) is 7.68. The Morgan fingerprint density at radius 3 is 2.81 bits per heavy atom. The van der Waals surface area contributed by atoms with Crippen molar-refractivity contribution in [1.29, 1.82) is 0 Å². The molecule has 0 fully saturated rings. The number of carbonyl (C=O) groups excluding carboxylic acids is 1. The van der Waals surface area contributed by atoms with Crippen LogP contribution in [0.4, 0.5) is 0 Å². The van der Waals surface area contributed by atoms with Gasteiger partial charge in [0, 0.05) is 24.0 Å². The molecule has 0 aliphatic carbocycles. The van der Waals surface area contributed by atoms with Crippen LogP contribution >= 0.6 is 15.9 Å². The standard InChI is InChI=1S/C16H24BrNO3/c1-13(2)20-11-5-9-18-16(19)8-4-10-21-15-7-3-6-14(17)12-15/h3,6-7,12-13H,4-5,8-11H2,1-2H3,(H,18,19). The first-order chi connectivity index (χ1) is 10.1. The molecule has 0 aliphatic rings. The Labute approximate surface area is 135 Å². The van der Waals surface area contributed by atoms with Crippen molar-refractivity contribution in [2.45, 2.75) is 39.2 Å². The summed E-state index contributed by atoms with van der Waals surface area (Å²) in [4.78, 5) is 11.6. The Morgan fingerprint density at radius 1 is 1.29 bits per heavy atom. The first kappa shape index (κ1) is 18.0. The number of carbonyl (C=O) groups is 1. The monoisotopic (exact) mass is 357 g/mol. The molecule has 0 saturated carbocycles. The SMILES string of the molecule is CC(C)OCCCNC(=O)CCCOc1cccc(Br)c1. The molecular weight excluding hydrogens is 334 g/mol. The molecular formula is C16H24BrNO3. The highest BCUT2D eigenvalue weighted by atomic mass is 79.9. The van der Waals surface area contributed by atoms with Crippen molar-refractivity contribution in [2.75, 3.05) is 19.8 Å². The Kier molecular flexibility index (Phi) is 9.10. The van der Waals surface area contributed by atoms with Crippen molar-refractivity contribution in [2.24, 2.45) is 0 Å². The van der Waals surface area contributed by atoms with Gasteiger partial charge in [0.2, 0.25) is 5.91 Å². The smallest absolute Gasteiger partial charge is 0.220 e.